The lowest BCUT2D eigenvalue weighted by molar-refractivity contribution is 0.669. The molecule has 0 saturated heterocycles. The number of aromatic nitrogens is 4. The number of fused-ring (bicyclic) bond motifs is 13. The maximum atomic E-state index is 6.99. The number of rotatable bonds is 4. The van der Waals surface area contributed by atoms with Crippen molar-refractivity contribution in [2.45, 2.75) is 0 Å². The normalized spacial score (nSPS) is 12.1. The molecular weight excluding hydrogens is 773 g/mol. The summed E-state index contributed by atoms with van der Waals surface area (Å²) in [5, 5.41) is 13.3. The number of nitrogens with zero attached hydrogens (tertiary/aromatic N) is 4. The molecule has 0 radical (unpaired) electrons. The van der Waals surface area contributed by atoms with E-state index in [1.165, 1.54) is 21.5 Å². The van der Waals surface area contributed by atoms with Gasteiger partial charge in [0.05, 0.1) is 16.6 Å². The highest BCUT2D eigenvalue weighted by molar-refractivity contribution is 6.22. The van der Waals surface area contributed by atoms with Gasteiger partial charge in [-0.05, 0) is 93.0 Å². The van der Waals surface area contributed by atoms with Gasteiger partial charge in [-0.25, -0.2) is 15.0 Å². The first-order valence-corrected chi connectivity index (χ1v) is 21.2. The second-order valence-corrected chi connectivity index (χ2v) is 16.3. The zero-order valence-corrected chi connectivity index (χ0v) is 33.6. The van der Waals surface area contributed by atoms with Gasteiger partial charge in [-0.2, -0.15) is 0 Å². The van der Waals surface area contributed by atoms with Gasteiger partial charge in [0.1, 0.15) is 22.3 Å². The molecule has 0 aliphatic carbocycles. The van der Waals surface area contributed by atoms with E-state index in [1.54, 1.807) is 0 Å². The zero-order valence-electron chi connectivity index (χ0n) is 33.6. The molecule has 0 unspecified atom stereocenters. The van der Waals surface area contributed by atoms with E-state index < -0.39 is 0 Å². The van der Waals surface area contributed by atoms with Gasteiger partial charge in [0.2, 0.25) is 0 Å². The molecule has 14 aromatic rings. The van der Waals surface area contributed by atoms with Crippen molar-refractivity contribution in [3.05, 3.63) is 194 Å². The molecule has 0 amide bonds. The largest absolute Gasteiger partial charge is 0.456 e. The Bertz CT molecular complexity index is 4230. The summed E-state index contributed by atoms with van der Waals surface area (Å²) < 4.78 is 15.6. The van der Waals surface area contributed by atoms with Crippen molar-refractivity contribution in [1.82, 2.24) is 19.5 Å². The molecule has 0 fully saturated rings. The third kappa shape index (κ3) is 5.09. The summed E-state index contributed by atoms with van der Waals surface area (Å²) in [5.41, 5.74) is 8.93. The Morgan fingerprint density at radius 3 is 1.83 bits per heavy atom. The van der Waals surface area contributed by atoms with E-state index >= 15 is 0 Å². The minimum Gasteiger partial charge on any atom is -0.456 e. The van der Waals surface area contributed by atoms with Crippen molar-refractivity contribution in [3.63, 3.8) is 0 Å². The minimum atomic E-state index is 0.515. The van der Waals surface area contributed by atoms with E-state index in [1.807, 2.05) is 30.3 Å². The fourth-order valence-electron chi connectivity index (χ4n) is 9.89. The van der Waals surface area contributed by atoms with Gasteiger partial charge < -0.3 is 13.4 Å². The molecule has 4 aromatic heterocycles. The fourth-order valence-corrected chi connectivity index (χ4v) is 9.89. The topological polar surface area (TPSA) is 69.9 Å². The first-order chi connectivity index (χ1) is 31.2. The van der Waals surface area contributed by atoms with Gasteiger partial charge in [-0.1, -0.05) is 133 Å². The van der Waals surface area contributed by atoms with Crippen LogP contribution in [0.15, 0.2) is 203 Å². The average Bonchev–Trinajstić information content (AvgIpc) is 4.02. The second kappa shape index (κ2) is 12.9. The summed E-state index contributed by atoms with van der Waals surface area (Å²) in [6.45, 7) is 0. The van der Waals surface area contributed by atoms with Crippen LogP contribution in [0.5, 0.6) is 0 Å². The van der Waals surface area contributed by atoms with E-state index in [-0.39, 0.29) is 0 Å². The van der Waals surface area contributed by atoms with Crippen LogP contribution in [-0.4, -0.2) is 19.5 Å². The Hall–Kier alpha value is -8.61. The van der Waals surface area contributed by atoms with Crippen molar-refractivity contribution in [3.8, 4) is 39.9 Å². The second-order valence-electron chi connectivity index (χ2n) is 16.3. The number of benzene rings is 10. The fraction of sp³-hybridized carbons (Fsp3) is 0. The van der Waals surface area contributed by atoms with Crippen LogP contribution in [0.1, 0.15) is 0 Å². The molecule has 4 heterocycles. The SMILES string of the molecule is c1ccc2cc3c(cc2c1)c1ccccc1n3-c1cc(-c2nc(-c3ccc4oc5ccccc5c4c3)nc(-c3cccc4ccccc34)n2)c2oc3ccc4ccccc4c3c2c1. The van der Waals surface area contributed by atoms with E-state index in [0.29, 0.717) is 23.1 Å². The van der Waals surface area contributed by atoms with Crippen LogP contribution in [0.2, 0.25) is 0 Å². The molecule has 0 aliphatic rings. The standard InChI is InChI=1S/C57H32N4O2/c1-2-15-36-30-49-44(28-35(36)14-1)41-19-7-9-22-48(41)61(49)38-31-46-53-40-18-6-4-13-34(40)24-27-52(53)63-54(46)47(32-38)57-59-55(37-25-26-51-45(29-37)42-20-8-10-23-50(42)62-51)58-56(60-57)43-21-11-16-33-12-3-5-17-39(33)43/h1-32H. The molecule has 63 heavy (non-hydrogen) atoms. The monoisotopic (exact) mass is 804 g/mol. The van der Waals surface area contributed by atoms with Crippen molar-refractivity contribution < 1.29 is 8.83 Å². The predicted octanol–water partition coefficient (Wildman–Crippen LogP) is 15.2. The predicted molar refractivity (Wildman–Crippen MR) is 258 cm³/mol. The Kier molecular flexibility index (Phi) is 7.02. The van der Waals surface area contributed by atoms with Crippen molar-refractivity contribution in [2.75, 3.05) is 0 Å². The molecule has 0 spiro atoms. The van der Waals surface area contributed by atoms with Crippen LogP contribution in [0, 0.1) is 0 Å². The van der Waals surface area contributed by atoms with Crippen LogP contribution in [0.3, 0.4) is 0 Å². The van der Waals surface area contributed by atoms with Crippen molar-refractivity contribution in [1.29, 1.82) is 0 Å². The third-order valence-corrected chi connectivity index (χ3v) is 12.8. The third-order valence-electron chi connectivity index (χ3n) is 12.8. The maximum absolute atomic E-state index is 6.99. The molecular formula is C57H32N4O2. The van der Waals surface area contributed by atoms with Gasteiger partial charge in [-0.15, -0.1) is 0 Å². The summed E-state index contributed by atoms with van der Waals surface area (Å²) in [6.07, 6.45) is 0. The number of para-hydroxylation sites is 2. The lowest BCUT2D eigenvalue weighted by Crippen LogP contribution is -2.02. The molecule has 0 atom stereocenters. The summed E-state index contributed by atoms with van der Waals surface area (Å²) in [7, 11) is 0. The number of hydrogen-bond acceptors (Lipinski definition) is 5. The van der Waals surface area contributed by atoms with Gasteiger partial charge in [0.25, 0.3) is 0 Å². The molecule has 6 nitrogen and oxygen atoms in total. The quantitative estimate of drug-likeness (QED) is 0.177. The van der Waals surface area contributed by atoms with Crippen LogP contribution in [0.25, 0.3) is 138 Å². The van der Waals surface area contributed by atoms with Crippen molar-refractivity contribution in [2.24, 2.45) is 0 Å². The van der Waals surface area contributed by atoms with E-state index in [0.717, 1.165) is 93.2 Å². The highest BCUT2D eigenvalue weighted by Gasteiger charge is 2.23. The van der Waals surface area contributed by atoms with Crippen LogP contribution < -0.4 is 0 Å². The summed E-state index contributed by atoms with van der Waals surface area (Å²) in [4.78, 5) is 16.1. The van der Waals surface area contributed by atoms with E-state index in [9.17, 15) is 0 Å². The maximum Gasteiger partial charge on any atom is 0.167 e. The van der Waals surface area contributed by atoms with Crippen LogP contribution in [-0.2, 0) is 0 Å². The smallest absolute Gasteiger partial charge is 0.167 e. The molecule has 0 aliphatic heterocycles. The van der Waals surface area contributed by atoms with Crippen LogP contribution >= 0.6 is 0 Å². The number of hydrogen-bond donors (Lipinski definition) is 0. The van der Waals surface area contributed by atoms with E-state index in [4.69, 9.17) is 23.8 Å². The van der Waals surface area contributed by atoms with Crippen molar-refractivity contribution >= 4 is 98.0 Å². The molecule has 292 valence electrons. The molecule has 0 bridgehead atoms. The highest BCUT2D eigenvalue weighted by atomic mass is 16.3. The molecule has 0 N–H and O–H groups in total. The summed E-state index contributed by atoms with van der Waals surface area (Å²) in [6, 6.07) is 68.1. The molecule has 10 aromatic carbocycles. The first-order valence-electron chi connectivity index (χ1n) is 21.2. The lowest BCUT2D eigenvalue weighted by Gasteiger charge is -2.13. The zero-order chi connectivity index (χ0) is 41.2. The van der Waals surface area contributed by atoms with E-state index in [2.05, 4.69) is 168 Å². The lowest BCUT2D eigenvalue weighted by atomic mass is 10.0. The molecule has 14 rings (SSSR count). The van der Waals surface area contributed by atoms with Gasteiger partial charge >= 0.3 is 0 Å². The Labute approximate surface area is 358 Å². The Balaban J connectivity index is 1.11. The summed E-state index contributed by atoms with van der Waals surface area (Å²) >= 11 is 0. The van der Waals surface area contributed by atoms with Crippen LogP contribution in [0.4, 0.5) is 0 Å². The number of furan rings is 2. The molecule has 0 saturated carbocycles. The minimum absolute atomic E-state index is 0.515. The van der Waals surface area contributed by atoms with Gasteiger partial charge in [-0.3, -0.25) is 0 Å². The first kappa shape index (κ1) is 34.1. The summed E-state index contributed by atoms with van der Waals surface area (Å²) in [5.74, 6) is 1.65. The highest BCUT2D eigenvalue weighted by Crippen LogP contribution is 2.43. The Morgan fingerprint density at radius 2 is 0.968 bits per heavy atom. The van der Waals surface area contributed by atoms with Gasteiger partial charge in [0.15, 0.2) is 17.5 Å². The van der Waals surface area contributed by atoms with Gasteiger partial charge in [0, 0.05) is 49.1 Å². The Morgan fingerprint density at radius 1 is 0.333 bits per heavy atom. The average molecular weight is 805 g/mol. The molecule has 6 heteroatoms.